The summed E-state index contributed by atoms with van der Waals surface area (Å²) in [7, 11) is 0. The summed E-state index contributed by atoms with van der Waals surface area (Å²) in [5.41, 5.74) is 1.23. The number of amides is 1. The molecular weight excluding hydrogens is 383 g/mol. The van der Waals surface area contributed by atoms with E-state index in [1.165, 1.54) is 6.42 Å². The molecule has 0 saturated heterocycles. The normalized spacial score (nSPS) is 34.0. The number of rotatable bonds is 3. The molecule has 0 spiro atoms. The summed E-state index contributed by atoms with van der Waals surface area (Å²) >= 11 is 12.2. The predicted octanol–water partition coefficient (Wildman–Crippen LogP) is 4.83. The van der Waals surface area contributed by atoms with Crippen LogP contribution in [0.4, 0.5) is 5.69 Å². The van der Waals surface area contributed by atoms with Crippen molar-refractivity contribution in [3.63, 3.8) is 0 Å². The highest BCUT2D eigenvalue weighted by molar-refractivity contribution is 6.31. The summed E-state index contributed by atoms with van der Waals surface area (Å²) < 4.78 is 1.94. The van der Waals surface area contributed by atoms with E-state index in [4.69, 9.17) is 23.2 Å². The van der Waals surface area contributed by atoms with E-state index in [1.54, 1.807) is 6.33 Å². The van der Waals surface area contributed by atoms with Gasteiger partial charge in [-0.3, -0.25) is 4.79 Å². The maximum Gasteiger partial charge on any atom is 0.242 e. The minimum atomic E-state index is -0.350. The van der Waals surface area contributed by atoms with E-state index >= 15 is 0 Å². The van der Waals surface area contributed by atoms with Gasteiger partial charge in [0.25, 0.3) is 0 Å². The molecule has 1 aromatic carbocycles. The number of hydrogen-bond donors (Lipinski definition) is 1. The molecule has 142 valence electrons. The van der Waals surface area contributed by atoms with Gasteiger partial charge in [-0.15, -0.1) is 5.10 Å². The number of nitrogens with zero attached hydrogens (tertiary/aromatic N) is 3. The summed E-state index contributed by atoms with van der Waals surface area (Å²) in [4.78, 5) is 17.6. The van der Waals surface area contributed by atoms with E-state index < -0.39 is 0 Å². The van der Waals surface area contributed by atoms with Gasteiger partial charge in [-0.1, -0.05) is 17.7 Å². The van der Waals surface area contributed by atoms with Crippen LogP contribution in [-0.2, 0) is 10.3 Å². The Hall–Kier alpha value is -1.59. The van der Waals surface area contributed by atoms with Crippen molar-refractivity contribution in [2.45, 2.75) is 51.0 Å². The third-order valence-electron chi connectivity index (χ3n) is 6.98. The Kier molecular flexibility index (Phi) is 3.86. The second-order valence-electron chi connectivity index (χ2n) is 8.79. The van der Waals surface area contributed by atoms with Crippen LogP contribution in [0.15, 0.2) is 24.5 Å². The van der Waals surface area contributed by atoms with Gasteiger partial charge in [-0.25, -0.2) is 9.67 Å². The number of hydrogen-bond acceptors (Lipinski definition) is 3. The summed E-state index contributed by atoms with van der Waals surface area (Å²) in [5.74, 6) is 1.23. The molecule has 0 aliphatic heterocycles. The van der Waals surface area contributed by atoms with Gasteiger partial charge in [-0.2, -0.15) is 0 Å². The summed E-state index contributed by atoms with van der Waals surface area (Å²) in [6, 6.07) is 5.65. The van der Waals surface area contributed by atoms with Gasteiger partial charge < -0.3 is 5.32 Å². The van der Waals surface area contributed by atoms with Crippen LogP contribution < -0.4 is 5.32 Å². The fourth-order valence-corrected chi connectivity index (χ4v) is 6.52. The van der Waals surface area contributed by atoms with Crippen LogP contribution in [0.2, 0.25) is 10.3 Å². The highest BCUT2D eigenvalue weighted by Crippen LogP contribution is 2.64. The Morgan fingerprint density at radius 3 is 2.63 bits per heavy atom. The number of nitrogens with one attached hydrogen (secondary N) is 1. The molecule has 4 aliphatic carbocycles. The molecule has 5 nitrogen and oxygen atoms in total. The van der Waals surface area contributed by atoms with E-state index in [1.807, 2.05) is 29.8 Å². The van der Waals surface area contributed by atoms with Crippen LogP contribution in [0.3, 0.4) is 0 Å². The number of aromatic nitrogens is 3. The fraction of sp³-hybridized carbons (Fsp3) is 0.550. The molecule has 0 unspecified atom stereocenters. The molecule has 1 N–H and O–H groups in total. The van der Waals surface area contributed by atoms with Gasteiger partial charge in [0.05, 0.1) is 11.0 Å². The zero-order valence-electron chi connectivity index (χ0n) is 15.2. The Bertz CT molecular complexity index is 910. The Morgan fingerprint density at radius 1 is 1.22 bits per heavy atom. The first-order valence-electron chi connectivity index (χ1n) is 9.53. The Balaban J connectivity index is 1.48. The minimum absolute atomic E-state index is 0.123. The first kappa shape index (κ1) is 17.5. The van der Waals surface area contributed by atoms with Crippen LogP contribution in [0.1, 0.15) is 44.1 Å². The maximum absolute atomic E-state index is 13.5. The highest BCUT2D eigenvalue weighted by atomic mass is 35.5. The van der Waals surface area contributed by atoms with Gasteiger partial charge >= 0.3 is 0 Å². The van der Waals surface area contributed by atoms with Crippen molar-refractivity contribution >= 4 is 34.8 Å². The first-order valence-corrected chi connectivity index (χ1v) is 10.3. The van der Waals surface area contributed by atoms with Crippen molar-refractivity contribution in [1.29, 1.82) is 0 Å². The lowest BCUT2D eigenvalue weighted by atomic mass is 9.46. The molecule has 7 heteroatoms. The van der Waals surface area contributed by atoms with Gasteiger partial charge in [0.15, 0.2) is 0 Å². The monoisotopic (exact) mass is 404 g/mol. The fourth-order valence-electron chi connectivity index (χ4n) is 6.22. The summed E-state index contributed by atoms with van der Waals surface area (Å²) in [6.07, 6.45) is 7.80. The highest BCUT2D eigenvalue weighted by Gasteiger charge is 2.61. The zero-order chi connectivity index (χ0) is 18.8. The first-order chi connectivity index (χ1) is 12.9. The molecule has 1 amide bonds. The van der Waals surface area contributed by atoms with Crippen LogP contribution in [-0.4, -0.2) is 20.7 Å². The van der Waals surface area contributed by atoms with Crippen LogP contribution in [0.5, 0.6) is 0 Å². The van der Waals surface area contributed by atoms with Crippen molar-refractivity contribution in [2.75, 3.05) is 5.32 Å². The predicted molar refractivity (Wildman–Crippen MR) is 105 cm³/mol. The van der Waals surface area contributed by atoms with Crippen molar-refractivity contribution in [3.8, 4) is 0 Å². The second kappa shape index (κ2) is 5.95. The quantitative estimate of drug-likeness (QED) is 0.796. The molecule has 27 heavy (non-hydrogen) atoms. The minimum Gasteiger partial charge on any atom is -0.325 e. The zero-order valence-corrected chi connectivity index (χ0v) is 16.7. The van der Waals surface area contributed by atoms with E-state index in [9.17, 15) is 4.79 Å². The Labute approximate surface area is 168 Å². The lowest BCUT2D eigenvalue weighted by molar-refractivity contribution is -0.150. The topological polar surface area (TPSA) is 59.8 Å². The van der Waals surface area contributed by atoms with E-state index in [-0.39, 0.29) is 22.1 Å². The number of benzene rings is 1. The molecule has 2 aromatic rings. The smallest absolute Gasteiger partial charge is 0.242 e. The van der Waals surface area contributed by atoms with Crippen molar-refractivity contribution < 1.29 is 4.79 Å². The van der Waals surface area contributed by atoms with E-state index in [0.717, 1.165) is 43.4 Å². The summed E-state index contributed by atoms with van der Waals surface area (Å²) in [6.45, 7) is 1.94. The van der Waals surface area contributed by atoms with Gasteiger partial charge in [-0.05, 0) is 86.6 Å². The number of carbonyl (C=O) groups excluding carboxylic acids is 1. The number of carbonyl (C=O) groups is 1. The molecule has 2 atom stereocenters. The number of anilines is 1. The molecule has 0 radical (unpaired) electrons. The van der Waals surface area contributed by atoms with Crippen LogP contribution in [0, 0.1) is 24.2 Å². The number of halogens is 2. The molecule has 4 bridgehead atoms. The lowest BCUT2D eigenvalue weighted by Crippen LogP contribution is -2.60. The maximum atomic E-state index is 13.5. The average molecular weight is 405 g/mol. The van der Waals surface area contributed by atoms with Gasteiger partial charge in [0.2, 0.25) is 11.2 Å². The second-order valence-corrected chi connectivity index (χ2v) is 9.54. The van der Waals surface area contributed by atoms with Gasteiger partial charge in [0.1, 0.15) is 6.33 Å². The SMILES string of the molecule is Cc1c(Cl)cccc1NC(=O)C12C[C@H]3C[C@H](C1)CC(n1cnc(Cl)n1)(C3)C2. The largest absolute Gasteiger partial charge is 0.325 e. The van der Waals surface area contributed by atoms with Crippen LogP contribution >= 0.6 is 23.2 Å². The third-order valence-corrected chi connectivity index (χ3v) is 7.56. The molecule has 6 rings (SSSR count). The molecular formula is C20H22Cl2N4O. The van der Waals surface area contributed by atoms with E-state index in [0.29, 0.717) is 16.9 Å². The molecule has 4 saturated carbocycles. The third kappa shape index (κ3) is 2.70. The molecule has 1 aromatic heterocycles. The van der Waals surface area contributed by atoms with Crippen molar-refractivity contribution in [2.24, 2.45) is 17.3 Å². The lowest BCUT2D eigenvalue weighted by Gasteiger charge is -2.60. The molecule has 4 aliphatic rings. The van der Waals surface area contributed by atoms with Crippen molar-refractivity contribution in [3.05, 3.63) is 40.4 Å². The average Bonchev–Trinajstić information content (AvgIpc) is 3.05. The standard InChI is InChI=1S/C20H22Cl2N4O/c1-12-15(21)3-2-4-16(12)24-17(27)19-6-13-5-14(7-19)9-20(8-13,10-19)26-11-23-18(22)25-26/h2-4,11,13-14H,5-10H2,1H3,(H,24,27)/t13-,14-,19?,20?/m1/s1. The summed E-state index contributed by atoms with van der Waals surface area (Å²) in [5, 5.41) is 8.56. The molecule has 4 fully saturated rings. The molecule has 1 heterocycles. The van der Waals surface area contributed by atoms with E-state index in [2.05, 4.69) is 15.4 Å². The van der Waals surface area contributed by atoms with Gasteiger partial charge in [0, 0.05) is 10.7 Å². The van der Waals surface area contributed by atoms with Crippen LogP contribution in [0.25, 0.3) is 0 Å². The van der Waals surface area contributed by atoms with Crippen molar-refractivity contribution in [1.82, 2.24) is 14.8 Å². The Morgan fingerprint density at radius 2 is 1.96 bits per heavy atom.